The summed E-state index contributed by atoms with van der Waals surface area (Å²) in [6.07, 6.45) is 1.52. The predicted molar refractivity (Wildman–Crippen MR) is 96.8 cm³/mol. The van der Waals surface area contributed by atoms with Crippen LogP contribution in [-0.4, -0.2) is 48.9 Å². The van der Waals surface area contributed by atoms with E-state index in [4.69, 9.17) is 5.26 Å². The lowest BCUT2D eigenvalue weighted by molar-refractivity contribution is -0.116. The second-order valence-corrected chi connectivity index (χ2v) is 6.36. The van der Waals surface area contributed by atoms with Crippen LogP contribution < -0.4 is 10.6 Å². The molecule has 0 radical (unpaired) electrons. The van der Waals surface area contributed by atoms with Crippen LogP contribution in [0.25, 0.3) is 0 Å². The molecule has 2 N–H and O–H groups in total. The van der Waals surface area contributed by atoms with Crippen molar-refractivity contribution in [3.63, 3.8) is 0 Å². The third-order valence-electron chi connectivity index (χ3n) is 4.20. The first-order chi connectivity index (χ1) is 12.5. The second-order valence-electron chi connectivity index (χ2n) is 6.36. The molecule has 7 nitrogen and oxygen atoms in total. The zero-order chi connectivity index (χ0) is 18.7. The van der Waals surface area contributed by atoms with Crippen molar-refractivity contribution in [2.45, 2.75) is 5.92 Å². The number of pyridine rings is 1. The third kappa shape index (κ3) is 3.55. The summed E-state index contributed by atoms with van der Waals surface area (Å²) in [7, 11) is 3.87. The standard InChI is InChI=1S/C19H19N5O2/c1-24(2)8-7-22-18(25)13-5-6-21-16(10-13)17-14-9-12(11-20)3-4-15(14)23-19(17)26/h3-6,9-10,17H,7-8H2,1-2H3,(H,22,25)(H,23,26). The van der Waals surface area contributed by atoms with Crippen molar-refractivity contribution >= 4 is 17.5 Å². The molecular weight excluding hydrogens is 330 g/mol. The van der Waals surface area contributed by atoms with E-state index in [-0.39, 0.29) is 11.8 Å². The van der Waals surface area contributed by atoms with E-state index in [9.17, 15) is 9.59 Å². The van der Waals surface area contributed by atoms with Gasteiger partial charge in [-0.15, -0.1) is 0 Å². The Hall–Kier alpha value is -3.24. The Balaban J connectivity index is 1.86. The largest absolute Gasteiger partial charge is 0.351 e. The van der Waals surface area contributed by atoms with Crippen molar-refractivity contribution in [1.82, 2.24) is 15.2 Å². The van der Waals surface area contributed by atoms with Crippen LogP contribution >= 0.6 is 0 Å². The van der Waals surface area contributed by atoms with Crippen LogP contribution in [0.3, 0.4) is 0 Å². The lowest BCUT2D eigenvalue weighted by Gasteiger charge is -2.12. The molecule has 1 unspecified atom stereocenters. The zero-order valence-corrected chi connectivity index (χ0v) is 14.6. The summed E-state index contributed by atoms with van der Waals surface area (Å²) in [5, 5.41) is 14.7. The van der Waals surface area contributed by atoms with Crippen LogP contribution in [0.2, 0.25) is 0 Å². The SMILES string of the molecule is CN(C)CCNC(=O)c1ccnc(C2C(=O)Nc3ccc(C#N)cc32)c1. The van der Waals surface area contributed by atoms with Gasteiger partial charge < -0.3 is 15.5 Å². The number of hydrogen-bond donors (Lipinski definition) is 2. The van der Waals surface area contributed by atoms with E-state index in [1.54, 1.807) is 30.3 Å². The number of nitrogens with zero attached hydrogens (tertiary/aromatic N) is 3. The molecule has 7 heteroatoms. The smallest absolute Gasteiger partial charge is 0.251 e. The Morgan fingerprint density at radius 1 is 1.35 bits per heavy atom. The van der Waals surface area contributed by atoms with Crippen LogP contribution in [0.5, 0.6) is 0 Å². The highest BCUT2D eigenvalue weighted by Crippen LogP contribution is 2.37. The fraction of sp³-hybridized carbons (Fsp3) is 0.263. The summed E-state index contributed by atoms with van der Waals surface area (Å²) < 4.78 is 0. The quantitative estimate of drug-likeness (QED) is 0.848. The molecule has 0 fully saturated rings. The van der Waals surface area contributed by atoms with Crippen molar-refractivity contribution in [3.05, 3.63) is 58.9 Å². The lowest BCUT2D eigenvalue weighted by Crippen LogP contribution is -2.31. The fourth-order valence-corrected chi connectivity index (χ4v) is 2.87. The number of nitrogens with one attached hydrogen (secondary N) is 2. The maximum Gasteiger partial charge on any atom is 0.251 e. The van der Waals surface area contributed by atoms with E-state index in [0.29, 0.717) is 34.6 Å². The van der Waals surface area contributed by atoms with Gasteiger partial charge in [-0.3, -0.25) is 14.6 Å². The Morgan fingerprint density at radius 3 is 2.88 bits per heavy atom. The van der Waals surface area contributed by atoms with E-state index < -0.39 is 5.92 Å². The molecule has 1 aliphatic rings. The first-order valence-electron chi connectivity index (χ1n) is 8.23. The molecule has 2 aromatic rings. The van der Waals surface area contributed by atoms with Gasteiger partial charge in [-0.05, 0) is 50.0 Å². The van der Waals surface area contributed by atoms with Gasteiger partial charge in [-0.2, -0.15) is 5.26 Å². The molecular formula is C19H19N5O2. The minimum absolute atomic E-state index is 0.208. The average molecular weight is 349 g/mol. The summed E-state index contributed by atoms with van der Waals surface area (Å²) in [4.78, 5) is 31.0. The molecule has 1 atom stereocenters. The number of fused-ring (bicyclic) bond motifs is 1. The van der Waals surface area contributed by atoms with Crippen LogP contribution in [0.1, 0.15) is 33.1 Å². The minimum atomic E-state index is -0.632. The van der Waals surface area contributed by atoms with Crippen LogP contribution in [0.15, 0.2) is 36.5 Å². The summed E-state index contributed by atoms with van der Waals surface area (Å²) >= 11 is 0. The highest BCUT2D eigenvalue weighted by atomic mass is 16.2. The molecule has 2 heterocycles. The molecule has 0 saturated heterocycles. The Morgan fingerprint density at radius 2 is 2.15 bits per heavy atom. The average Bonchev–Trinajstić information content (AvgIpc) is 2.96. The molecule has 132 valence electrons. The van der Waals surface area contributed by atoms with Gasteiger partial charge in [0, 0.05) is 30.5 Å². The molecule has 0 aliphatic carbocycles. The van der Waals surface area contributed by atoms with Crippen molar-refractivity contribution in [3.8, 4) is 6.07 Å². The molecule has 1 aromatic carbocycles. The number of anilines is 1. The first-order valence-corrected chi connectivity index (χ1v) is 8.23. The summed E-state index contributed by atoms with van der Waals surface area (Å²) in [6.45, 7) is 1.26. The summed E-state index contributed by atoms with van der Waals surface area (Å²) in [6, 6.07) is 10.4. The van der Waals surface area contributed by atoms with E-state index in [1.807, 2.05) is 19.0 Å². The van der Waals surface area contributed by atoms with E-state index in [2.05, 4.69) is 21.7 Å². The molecule has 1 aromatic heterocycles. The van der Waals surface area contributed by atoms with E-state index in [0.717, 1.165) is 6.54 Å². The van der Waals surface area contributed by atoms with Crippen LogP contribution in [0, 0.1) is 11.3 Å². The lowest BCUT2D eigenvalue weighted by atomic mass is 9.94. The van der Waals surface area contributed by atoms with Crippen molar-refractivity contribution in [2.75, 3.05) is 32.5 Å². The number of rotatable bonds is 5. The first kappa shape index (κ1) is 17.6. The second kappa shape index (κ2) is 7.33. The number of likely N-dealkylation sites (N-methyl/N-ethyl adjacent to an activating group) is 1. The predicted octanol–water partition coefficient (Wildman–Crippen LogP) is 1.33. The Bertz CT molecular complexity index is 901. The normalized spacial score (nSPS) is 15.3. The van der Waals surface area contributed by atoms with Gasteiger partial charge in [-0.1, -0.05) is 0 Å². The maximum absolute atomic E-state index is 12.4. The number of nitriles is 1. The Labute approximate surface area is 151 Å². The topological polar surface area (TPSA) is 98.1 Å². The Kier molecular flexibility index (Phi) is 4.96. The minimum Gasteiger partial charge on any atom is -0.351 e. The maximum atomic E-state index is 12.4. The van der Waals surface area contributed by atoms with Crippen molar-refractivity contribution < 1.29 is 9.59 Å². The van der Waals surface area contributed by atoms with Gasteiger partial charge in [0.25, 0.3) is 5.91 Å². The third-order valence-corrected chi connectivity index (χ3v) is 4.20. The number of aromatic nitrogens is 1. The van der Waals surface area contributed by atoms with Gasteiger partial charge in [0.05, 0.1) is 17.3 Å². The van der Waals surface area contributed by atoms with Crippen molar-refractivity contribution in [1.29, 1.82) is 5.26 Å². The molecule has 2 amide bonds. The van der Waals surface area contributed by atoms with Crippen LogP contribution in [0.4, 0.5) is 5.69 Å². The van der Waals surface area contributed by atoms with Gasteiger partial charge in [-0.25, -0.2) is 0 Å². The monoisotopic (exact) mass is 349 g/mol. The number of amides is 2. The van der Waals surface area contributed by atoms with E-state index >= 15 is 0 Å². The van der Waals surface area contributed by atoms with Gasteiger partial charge in [0.15, 0.2) is 0 Å². The number of carbonyl (C=O) groups excluding carboxylic acids is 2. The summed E-state index contributed by atoms with van der Waals surface area (Å²) in [5.74, 6) is -1.06. The number of carbonyl (C=O) groups is 2. The highest BCUT2D eigenvalue weighted by Gasteiger charge is 2.33. The zero-order valence-electron chi connectivity index (χ0n) is 14.6. The highest BCUT2D eigenvalue weighted by molar-refractivity contribution is 6.05. The summed E-state index contributed by atoms with van der Waals surface area (Å²) in [5.41, 5.74) is 2.78. The number of hydrogen-bond acceptors (Lipinski definition) is 5. The fourth-order valence-electron chi connectivity index (χ4n) is 2.87. The molecule has 1 aliphatic heterocycles. The molecule has 26 heavy (non-hydrogen) atoms. The van der Waals surface area contributed by atoms with Crippen LogP contribution in [-0.2, 0) is 4.79 Å². The van der Waals surface area contributed by atoms with Gasteiger partial charge in [0.2, 0.25) is 5.91 Å². The van der Waals surface area contributed by atoms with Gasteiger partial charge in [0.1, 0.15) is 5.92 Å². The molecule has 3 rings (SSSR count). The molecule has 0 bridgehead atoms. The van der Waals surface area contributed by atoms with Gasteiger partial charge >= 0.3 is 0 Å². The molecule has 0 spiro atoms. The van der Waals surface area contributed by atoms with Crippen molar-refractivity contribution in [2.24, 2.45) is 0 Å². The molecule has 0 saturated carbocycles. The number of benzene rings is 1. The van der Waals surface area contributed by atoms with E-state index in [1.165, 1.54) is 6.20 Å².